The number of halogens is 2. The lowest BCUT2D eigenvalue weighted by molar-refractivity contribution is 0.394. The number of anilines is 1. The molecule has 0 spiro atoms. The molecule has 0 aliphatic carbocycles. The van der Waals surface area contributed by atoms with Crippen molar-refractivity contribution < 1.29 is 27.7 Å². The lowest BCUT2D eigenvalue weighted by Crippen LogP contribution is -2.13. The van der Waals surface area contributed by atoms with E-state index < -0.39 is 0 Å². The fraction of sp³-hybridized carbons (Fsp3) is 0.190. The predicted molar refractivity (Wildman–Crippen MR) is 225 cm³/mol. The van der Waals surface area contributed by atoms with Crippen LogP contribution in [0, 0.1) is 17.0 Å². The lowest BCUT2D eigenvalue weighted by Gasteiger charge is -2.12. The molecule has 0 bridgehead atoms. The predicted octanol–water partition coefficient (Wildman–Crippen LogP) is 7.75. The van der Waals surface area contributed by atoms with Crippen molar-refractivity contribution in [1.82, 2.24) is 39.0 Å². The summed E-state index contributed by atoms with van der Waals surface area (Å²) in [5, 5.41) is 9.41. The van der Waals surface area contributed by atoms with E-state index in [1.165, 1.54) is 54.1 Å². The minimum atomic E-state index is -0.259. The Hall–Kier alpha value is -6.66. The fourth-order valence-electron chi connectivity index (χ4n) is 6.19. The average molecular weight is 851 g/mol. The van der Waals surface area contributed by atoms with Crippen LogP contribution in [0.15, 0.2) is 118 Å². The molecule has 4 aromatic carbocycles. The monoisotopic (exact) mass is 850 g/mol. The number of hydrogen-bond donors (Lipinski definition) is 3. The third-order valence-electron chi connectivity index (χ3n) is 9.22. The van der Waals surface area contributed by atoms with Crippen molar-refractivity contribution >= 4 is 51.7 Å². The van der Waals surface area contributed by atoms with Gasteiger partial charge in [-0.25, -0.2) is 33.7 Å². The number of nitrogens with two attached hydrogens (primary N) is 1. The first-order valence-electron chi connectivity index (χ1n) is 18.4. The number of benzene rings is 4. The maximum atomic E-state index is 13.6. The van der Waals surface area contributed by atoms with Gasteiger partial charge in [0.1, 0.15) is 46.5 Å². The lowest BCUT2D eigenvalue weighted by atomic mass is 10.1. The number of rotatable bonds is 14. The summed E-state index contributed by atoms with van der Waals surface area (Å²) < 4.78 is 52.4. The molecule has 4 N–H and O–H groups in total. The molecule has 0 radical (unpaired) electrons. The summed E-state index contributed by atoms with van der Waals surface area (Å²) in [6.45, 7) is 1.11. The summed E-state index contributed by atoms with van der Waals surface area (Å²) in [6, 6.07) is 24.2. The van der Waals surface area contributed by atoms with Crippen LogP contribution in [-0.2, 0) is 25.9 Å². The largest absolute Gasteiger partial charge is 0.497 e. The zero-order chi connectivity index (χ0) is 42.2. The minimum Gasteiger partial charge on any atom is -0.497 e. The average Bonchev–Trinajstić information content (AvgIpc) is 3.85. The number of imidazole rings is 2. The molecular weight excluding hydrogens is 811 g/mol. The van der Waals surface area contributed by atoms with E-state index in [-0.39, 0.29) is 17.1 Å². The van der Waals surface area contributed by atoms with Gasteiger partial charge < -0.3 is 38.8 Å². The van der Waals surface area contributed by atoms with Gasteiger partial charge in [0.2, 0.25) is 0 Å². The van der Waals surface area contributed by atoms with Gasteiger partial charge in [0.05, 0.1) is 44.6 Å². The van der Waals surface area contributed by atoms with Crippen LogP contribution in [-0.4, -0.2) is 67.5 Å². The Labute approximate surface area is 351 Å². The van der Waals surface area contributed by atoms with Crippen molar-refractivity contribution in [3.8, 4) is 23.0 Å². The Bertz CT molecular complexity index is 2830. The molecule has 60 heavy (non-hydrogen) atoms. The quantitative estimate of drug-likeness (QED) is 0.0972. The van der Waals surface area contributed by atoms with Crippen LogP contribution in [0.25, 0.3) is 22.3 Å². The number of fused-ring (bicyclic) bond motifs is 2. The third kappa shape index (κ3) is 9.61. The van der Waals surface area contributed by atoms with E-state index in [1.807, 2.05) is 57.7 Å². The maximum Gasteiger partial charge on any atom is 0.175 e. The van der Waals surface area contributed by atoms with Gasteiger partial charge in [0.15, 0.2) is 38.4 Å². The molecule has 4 aromatic heterocycles. The van der Waals surface area contributed by atoms with Crippen molar-refractivity contribution in [3.63, 3.8) is 0 Å². The Morgan fingerprint density at radius 1 is 0.700 bits per heavy atom. The van der Waals surface area contributed by atoms with E-state index in [0.717, 1.165) is 20.9 Å². The highest BCUT2D eigenvalue weighted by molar-refractivity contribution is 7.99. The van der Waals surface area contributed by atoms with Crippen molar-refractivity contribution in [2.24, 2.45) is 0 Å². The van der Waals surface area contributed by atoms with Gasteiger partial charge >= 0.3 is 0 Å². The Morgan fingerprint density at radius 2 is 1.32 bits per heavy atom. The molecule has 4 heterocycles. The summed E-state index contributed by atoms with van der Waals surface area (Å²) >= 11 is 2.80. The van der Waals surface area contributed by atoms with Crippen LogP contribution in [0.2, 0.25) is 0 Å². The van der Waals surface area contributed by atoms with Gasteiger partial charge in [-0.1, -0.05) is 24.3 Å². The normalized spacial score (nSPS) is 11.0. The molecule has 308 valence electrons. The molecule has 8 aromatic rings. The van der Waals surface area contributed by atoms with E-state index in [9.17, 15) is 8.78 Å². The Balaban J connectivity index is 0.000000181. The SMILES string of the molecule is COc1ccc(OC)c(Sc2nc3c(N)ncnc3n2CCc2cccc(F)c2)c1.COc1ccc(OC)c(Sc2nc3c([nH]2)c(=N)ncn3CCc2cccc(F)c2)c1. The molecular formula is C42H40F2N10O4S2. The van der Waals surface area contributed by atoms with Gasteiger partial charge in [0.25, 0.3) is 0 Å². The number of H-pyrrole nitrogens is 1. The molecule has 18 heteroatoms. The summed E-state index contributed by atoms with van der Waals surface area (Å²) in [4.78, 5) is 26.8. The number of nitrogen functional groups attached to an aromatic ring is 1. The number of ether oxygens (including phenoxy) is 4. The Kier molecular flexibility index (Phi) is 13.1. The Morgan fingerprint density at radius 3 is 1.92 bits per heavy atom. The maximum absolute atomic E-state index is 13.6. The number of hydrogen-bond acceptors (Lipinski definition) is 13. The number of nitrogens with one attached hydrogen (secondary N) is 2. The zero-order valence-electron chi connectivity index (χ0n) is 33.0. The van der Waals surface area contributed by atoms with Gasteiger partial charge in [-0.2, -0.15) is 0 Å². The second-order valence-electron chi connectivity index (χ2n) is 13.0. The number of methoxy groups -OCH3 is 4. The van der Waals surface area contributed by atoms with Gasteiger partial charge in [-0.3, -0.25) is 5.41 Å². The molecule has 8 rings (SSSR count). The molecule has 0 atom stereocenters. The standard InChI is InChI=1S/2C21H20FN5O2S/c1-28-15-6-7-16(29-2)17(11-15)30-21-25-18-19(23)24-12-27(20(18)26-21)9-8-13-4-3-5-14(22)10-13;1-28-15-6-7-16(29-2)17(11-15)30-21-26-18-19(23)24-12-25-20(18)27(21)9-8-13-4-3-5-14(22)10-13/h3-7,10-12,23H,8-9H2,1-2H3,(H,25,26);3-7,10-12H,8-9H2,1-2H3,(H2,23,24,25). The zero-order valence-corrected chi connectivity index (χ0v) is 34.6. The number of aromatic amines is 1. The smallest absolute Gasteiger partial charge is 0.175 e. The topological polar surface area (TPSA) is 177 Å². The highest BCUT2D eigenvalue weighted by Gasteiger charge is 2.19. The summed E-state index contributed by atoms with van der Waals surface area (Å²) in [7, 11) is 6.44. The van der Waals surface area contributed by atoms with E-state index in [4.69, 9.17) is 30.1 Å². The van der Waals surface area contributed by atoms with Crippen molar-refractivity contribution in [3.05, 3.63) is 126 Å². The third-order valence-corrected chi connectivity index (χ3v) is 11.2. The van der Waals surface area contributed by atoms with E-state index in [2.05, 4.69) is 29.9 Å². The first-order chi connectivity index (χ1) is 29.2. The summed E-state index contributed by atoms with van der Waals surface area (Å²) in [6.07, 6.45) is 4.23. The van der Waals surface area contributed by atoms with Crippen LogP contribution in [0.5, 0.6) is 23.0 Å². The molecule has 14 nitrogen and oxygen atoms in total. The van der Waals surface area contributed by atoms with Gasteiger partial charge in [-0.15, -0.1) is 0 Å². The molecule has 0 saturated heterocycles. The van der Waals surface area contributed by atoms with Crippen LogP contribution in [0.3, 0.4) is 0 Å². The fourth-order valence-corrected chi connectivity index (χ4v) is 8.16. The van der Waals surface area contributed by atoms with Gasteiger partial charge in [-0.05, 0) is 108 Å². The van der Waals surface area contributed by atoms with E-state index in [0.29, 0.717) is 87.4 Å². The van der Waals surface area contributed by atoms with Crippen LogP contribution < -0.4 is 30.2 Å². The second-order valence-corrected chi connectivity index (χ2v) is 15.0. The van der Waals surface area contributed by atoms with Crippen LogP contribution in [0.1, 0.15) is 11.1 Å². The minimum absolute atomic E-state index is 0.115. The van der Waals surface area contributed by atoms with Crippen LogP contribution >= 0.6 is 23.5 Å². The molecule has 0 aliphatic heterocycles. The highest BCUT2D eigenvalue weighted by atomic mass is 32.2. The van der Waals surface area contributed by atoms with Crippen molar-refractivity contribution in [2.45, 2.75) is 46.0 Å². The molecule has 0 amide bonds. The molecule has 0 aliphatic rings. The summed E-state index contributed by atoms with van der Waals surface area (Å²) in [5.74, 6) is 2.61. The molecule has 0 unspecified atom stereocenters. The number of aryl methyl sites for hydroxylation is 4. The van der Waals surface area contributed by atoms with Crippen molar-refractivity contribution in [1.29, 1.82) is 5.41 Å². The van der Waals surface area contributed by atoms with Crippen molar-refractivity contribution in [2.75, 3.05) is 34.2 Å². The first-order valence-corrected chi connectivity index (χ1v) is 20.0. The number of nitrogens with zero attached hydrogens (tertiary/aromatic N) is 7. The summed E-state index contributed by atoms with van der Waals surface area (Å²) in [5.41, 5.74) is 10.2. The highest BCUT2D eigenvalue weighted by Crippen LogP contribution is 2.39. The molecule has 0 saturated carbocycles. The van der Waals surface area contributed by atoms with E-state index in [1.54, 1.807) is 46.9 Å². The molecule has 0 fully saturated rings. The first kappa shape index (κ1) is 41.5. The van der Waals surface area contributed by atoms with Crippen LogP contribution in [0.4, 0.5) is 14.6 Å². The second kappa shape index (κ2) is 18.9. The van der Waals surface area contributed by atoms with E-state index >= 15 is 0 Å². The number of aromatic nitrogens is 8. The van der Waals surface area contributed by atoms with Gasteiger partial charge in [0, 0.05) is 13.1 Å².